The summed E-state index contributed by atoms with van der Waals surface area (Å²) in [5.74, 6) is -0.0830. The number of likely N-dealkylation sites (tertiary alicyclic amines) is 1. The molecule has 4 aromatic rings. The molecule has 0 spiro atoms. The molecule has 3 heterocycles. The van der Waals surface area contributed by atoms with Gasteiger partial charge in [-0.3, -0.25) is 14.6 Å². The Bertz CT molecular complexity index is 1340. The third-order valence-corrected chi connectivity index (χ3v) is 6.91. The van der Waals surface area contributed by atoms with Crippen molar-refractivity contribution in [3.05, 3.63) is 95.9 Å². The number of carbonyl (C=O) groups is 2. The van der Waals surface area contributed by atoms with E-state index in [0.29, 0.717) is 25.1 Å². The molecule has 1 aliphatic heterocycles. The van der Waals surface area contributed by atoms with Crippen molar-refractivity contribution in [3.63, 3.8) is 0 Å². The van der Waals surface area contributed by atoms with Gasteiger partial charge in [-0.05, 0) is 61.3 Å². The van der Waals surface area contributed by atoms with E-state index in [0.717, 1.165) is 47.4 Å². The normalized spacial score (nSPS) is 13.9. The van der Waals surface area contributed by atoms with Crippen molar-refractivity contribution in [3.8, 4) is 5.69 Å². The van der Waals surface area contributed by atoms with Gasteiger partial charge in [0.2, 0.25) is 5.91 Å². The fourth-order valence-electron chi connectivity index (χ4n) is 4.91. The summed E-state index contributed by atoms with van der Waals surface area (Å²) in [6.07, 6.45) is 9.48. The lowest BCUT2D eigenvalue weighted by atomic mass is 10.1. The Morgan fingerprint density at radius 2 is 1.68 bits per heavy atom. The maximum absolute atomic E-state index is 13.1. The number of pyridine rings is 1. The van der Waals surface area contributed by atoms with Gasteiger partial charge < -0.3 is 20.1 Å². The van der Waals surface area contributed by atoms with Crippen LogP contribution < -0.4 is 10.6 Å². The fourth-order valence-corrected chi connectivity index (χ4v) is 4.91. The molecule has 2 aromatic carbocycles. The number of para-hydroxylation sites is 1. The number of nitrogens with one attached hydrogen (secondary N) is 2. The molecule has 0 saturated carbocycles. The molecule has 5 rings (SSSR count). The van der Waals surface area contributed by atoms with Gasteiger partial charge >= 0.3 is 0 Å². The standard InChI is InChI=1S/C30H33N5O2/c36-29(33-21-24-7-6-14-31-20-24)19-23-10-12-25(13-11-23)35-22-27(26-8-2-3-9-28(26)35)30(37)32-15-18-34-16-4-1-5-17-34/h2-3,6-14,20,22H,1,4-5,15-19,21H2,(H,32,37)(H,33,36). The van der Waals surface area contributed by atoms with Crippen LogP contribution in [0, 0.1) is 0 Å². The quantitative estimate of drug-likeness (QED) is 0.366. The van der Waals surface area contributed by atoms with E-state index in [9.17, 15) is 9.59 Å². The molecular formula is C30H33N5O2. The zero-order valence-corrected chi connectivity index (χ0v) is 21.0. The van der Waals surface area contributed by atoms with Gasteiger partial charge in [-0.25, -0.2) is 0 Å². The summed E-state index contributed by atoms with van der Waals surface area (Å²) in [5.41, 5.74) is 4.50. The van der Waals surface area contributed by atoms with Crippen molar-refractivity contribution in [2.24, 2.45) is 0 Å². The Balaban J connectivity index is 1.24. The Morgan fingerprint density at radius 1 is 0.865 bits per heavy atom. The summed E-state index contributed by atoms with van der Waals surface area (Å²) in [6.45, 7) is 4.25. The third kappa shape index (κ3) is 6.24. The van der Waals surface area contributed by atoms with Crippen molar-refractivity contribution >= 4 is 22.7 Å². The van der Waals surface area contributed by atoms with Gasteiger partial charge in [0.15, 0.2) is 0 Å². The van der Waals surface area contributed by atoms with Crippen molar-refractivity contribution < 1.29 is 9.59 Å². The summed E-state index contributed by atoms with van der Waals surface area (Å²) in [7, 11) is 0. The van der Waals surface area contributed by atoms with Gasteiger partial charge in [0.05, 0.1) is 17.5 Å². The second-order valence-electron chi connectivity index (χ2n) is 9.57. The van der Waals surface area contributed by atoms with Crippen molar-refractivity contribution in [2.45, 2.75) is 32.2 Å². The molecule has 37 heavy (non-hydrogen) atoms. The first-order valence-corrected chi connectivity index (χ1v) is 13.0. The van der Waals surface area contributed by atoms with E-state index in [4.69, 9.17) is 0 Å². The molecule has 2 aromatic heterocycles. The minimum atomic E-state index is -0.0473. The number of hydrogen-bond donors (Lipinski definition) is 2. The summed E-state index contributed by atoms with van der Waals surface area (Å²) < 4.78 is 2.04. The first-order chi connectivity index (χ1) is 18.2. The number of rotatable bonds is 9. The summed E-state index contributed by atoms with van der Waals surface area (Å²) in [5, 5.41) is 6.98. The fraction of sp³-hybridized carbons (Fsp3) is 0.300. The van der Waals surface area contributed by atoms with E-state index >= 15 is 0 Å². The van der Waals surface area contributed by atoms with Crippen LogP contribution in [0.3, 0.4) is 0 Å². The Hall–Kier alpha value is -3.97. The topological polar surface area (TPSA) is 79.3 Å². The molecule has 0 atom stereocenters. The SMILES string of the molecule is O=C(Cc1ccc(-n2cc(C(=O)NCCN3CCCCC3)c3ccccc32)cc1)NCc1cccnc1. The van der Waals surface area contributed by atoms with E-state index in [1.807, 2.05) is 71.4 Å². The van der Waals surface area contributed by atoms with Gasteiger partial charge in [0, 0.05) is 49.3 Å². The third-order valence-electron chi connectivity index (χ3n) is 6.91. The van der Waals surface area contributed by atoms with Crippen LogP contribution in [0.25, 0.3) is 16.6 Å². The first kappa shape index (κ1) is 24.7. The van der Waals surface area contributed by atoms with Crippen LogP contribution >= 0.6 is 0 Å². The molecule has 0 aliphatic carbocycles. The lowest BCUT2D eigenvalue weighted by molar-refractivity contribution is -0.120. The van der Waals surface area contributed by atoms with Crippen LogP contribution in [0.2, 0.25) is 0 Å². The zero-order valence-electron chi connectivity index (χ0n) is 21.0. The molecule has 7 nitrogen and oxygen atoms in total. The van der Waals surface area contributed by atoms with Gasteiger partial charge in [0.25, 0.3) is 5.91 Å². The van der Waals surface area contributed by atoms with Gasteiger partial charge in [-0.2, -0.15) is 0 Å². The summed E-state index contributed by atoms with van der Waals surface area (Å²) in [6, 6.07) is 19.7. The highest BCUT2D eigenvalue weighted by Gasteiger charge is 2.16. The molecule has 7 heteroatoms. The Labute approximate surface area is 217 Å². The molecule has 0 bridgehead atoms. The van der Waals surface area contributed by atoms with Crippen molar-refractivity contribution in [1.29, 1.82) is 0 Å². The highest BCUT2D eigenvalue weighted by molar-refractivity contribution is 6.07. The van der Waals surface area contributed by atoms with Crippen molar-refractivity contribution in [2.75, 3.05) is 26.2 Å². The monoisotopic (exact) mass is 495 g/mol. The molecule has 1 saturated heterocycles. The largest absolute Gasteiger partial charge is 0.352 e. The number of piperidine rings is 1. The number of hydrogen-bond acceptors (Lipinski definition) is 4. The molecule has 1 aliphatic rings. The molecule has 0 radical (unpaired) electrons. The minimum absolute atomic E-state index is 0.0356. The second-order valence-corrected chi connectivity index (χ2v) is 9.57. The maximum Gasteiger partial charge on any atom is 0.253 e. The molecule has 0 unspecified atom stereocenters. The highest BCUT2D eigenvalue weighted by atomic mass is 16.2. The summed E-state index contributed by atoms with van der Waals surface area (Å²) in [4.78, 5) is 32.0. The molecule has 190 valence electrons. The van der Waals surface area contributed by atoms with Crippen LogP contribution in [0.4, 0.5) is 0 Å². The maximum atomic E-state index is 13.1. The Morgan fingerprint density at radius 3 is 2.46 bits per heavy atom. The number of benzene rings is 2. The van der Waals surface area contributed by atoms with Crippen LogP contribution in [0.5, 0.6) is 0 Å². The highest BCUT2D eigenvalue weighted by Crippen LogP contribution is 2.25. The first-order valence-electron chi connectivity index (χ1n) is 13.0. The van der Waals surface area contributed by atoms with E-state index in [-0.39, 0.29) is 11.8 Å². The minimum Gasteiger partial charge on any atom is -0.352 e. The van der Waals surface area contributed by atoms with E-state index in [1.165, 1.54) is 19.3 Å². The second kappa shape index (κ2) is 11.8. The molecule has 2 amide bonds. The van der Waals surface area contributed by atoms with Crippen LogP contribution in [-0.4, -0.2) is 52.4 Å². The number of carbonyl (C=O) groups excluding carboxylic acids is 2. The molecule has 2 N–H and O–H groups in total. The van der Waals surface area contributed by atoms with Crippen molar-refractivity contribution in [1.82, 2.24) is 25.1 Å². The number of amides is 2. The van der Waals surface area contributed by atoms with Crippen LogP contribution in [0.1, 0.15) is 40.7 Å². The smallest absolute Gasteiger partial charge is 0.253 e. The number of nitrogens with zero attached hydrogens (tertiary/aromatic N) is 3. The van der Waals surface area contributed by atoms with E-state index < -0.39 is 0 Å². The Kier molecular flexibility index (Phi) is 7.91. The lowest BCUT2D eigenvalue weighted by Crippen LogP contribution is -2.37. The molecule has 1 fully saturated rings. The zero-order chi connectivity index (χ0) is 25.5. The summed E-state index contributed by atoms with van der Waals surface area (Å²) >= 11 is 0. The average Bonchev–Trinajstić information content (AvgIpc) is 3.33. The number of aromatic nitrogens is 2. The van der Waals surface area contributed by atoms with Gasteiger partial charge in [-0.15, -0.1) is 0 Å². The number of fused-ring (bicyclic) bond motifs is 1. The van der Waals surface area contributed by atoms with Crippen LogP contribution in [0.15, 0.2) is 79.3 Å². The van der Waals surface area contributed by atoms with E-state index in [1.54, 1.807) is 12.4 Å². The predicted octanol–water partition coefficient (Wildman–Crippen LogP) is 4.10. The van der Waals surface area contributed by atoms with E-state index in [2.05, 4.69) is 20.5 Å². The van der Waals surface area contributed by atoms with Gasteiger partial charge in [0.1, 0.15) is 0 Å². The molecular weight excluding hydrogens is 462 g/mol. The predicted molar refractivity (Wildman–Crippen MR) is 146 cm³/mol. The van der Waals surface area contributed by atoms with Crippen LogP contribution in [-0.2, 0) is 17.8 Å². The average molecular weight is 496 g/mol. The van der Waals surface area contributed by atoms with Gasteiger partial charge in [-0.1, -0.05) is 42.8 Å². The lowest BCUT2D eigenvalue weighted by Gasteiger charge is -2.26.